The van der Waals surface area contributed by atoms with Crippen LogP contribution in [0.2, 0.25) is 0 Å². The molecule has 1 atom stereocenters. The molecule has 1 amide bonds. The molecular weight excluding hydrogens is 588 g/mol. The van der Waals surface area contributed by atoms with Crippen molar-refractivity contribution in [2.75, 3.05) is 23.4 Å². The van der Waals surface area contributed by atoms with E-state index in [0.717, 1.165) is 24.1 Å². The van der Waals surface area contributed by atoms with Gasteiger partial charge in [0.25, 0.3) is 0 Å². The van der Waals surface area contributed by atoms with Crippen LogP contribution in [0.1, 0.15) is 79.8 Å². The third kappa shape index (κ3) is 11.1. The van der Waals surface area contributed by atoms with Gasteiger partial charge in [0.05, 0.1) is 6.61 Å². The van der Waals surface area contributed by atoms with Gasteiger partial charge in [-0.3, -0.25) is 9.59 Å². The van der Waals surface area contributed by atoms with Crippen LogP contribution in [0.25, 0.3) is 0 Å². The maximum Gasteiger partial charge on any atom is 0.326 e. The molecule has 7 heteroatoms. The number of rotatable bonds is 20. The number of carbonyl (C=O) groups excluding carboxylic acids is 2. The fourth-order valence-corrected chi connectivity index (χ4v) is 5.51. The summed E-state index contributed by atoms with van der Waals surface area (Å²) in [6.45, 7) is 3.21. The lowest BCUT2D eigenvalue weighted by Crippen LogP contribution is -2.32. The predicted molar refractivity (Wildman–Crippen MR) is 188 cm³/mol. The van der Waals surface area contributed by atoms with Gasteiger partial charge in [-0.05, 0) is 54.8 Å². The number of carbonyl (C=O) groups is 3. The molecule has 0 aliphatic heterocycles. The lowest BCUT2D eigenvalue weighted by atomic mass is 10.00. The molecule has 0 bridgehead atoms. The molecule has 2 N–H and O–H groups in total. The Bertz CT molecular complexity index is 1540. The van der Waals surface area contributed by atoms with Crippen molar-refractivity contribution in [3.63, 3.8) is 0 Å². The number of hydrogen-bond donors (Lipinski definition) is 2. The first-order valence-corrected chi connectivity index (χ1v) is 16.7. The number of amides is 1. The Kier molecular flexibility index (Phi) is 14.1. The summed E-state index contributed by atoms with van der Waals surface area (Å²) < 4.78 is 5.99. The lowest BCUT2D eigenvalue weighted by Gasteiger charge is -2.23. The Labute approximate surface area is 278 Å². The largest absolute Gasteiger partial charge is 0.494 e. The number of ether oxygens (including phenoxy) is 1. The average molecular weight is 635 g/mol. The SMILES string of the molecule is CCCCCCCCC(=O)N(CCCOc1ccc(CC(Nc2ccccc2C(=O)c2ccccc2)C(=O)O)cc1)c1ccccc1. The van der Waals surface area contributed by atoms with E-state index in [9.17, 15) is 19.5 Å². The van der Waals surface area contributed by atoms with E-state index in [1.54, 1.807) is 48.5 Å². The fourth-order valence-electron chi connectivity index (χ4n) is 5.51. The highest BCUT2D eigenvalue weighted by Gasteiger charge is 2.21. The van der Waals surface area contributed by atoms with Crippen molar-refractivity contribution in [1.82, 2.24) is 0 Å². The molecule has 4 aromatic carbocycles. The van der Waals surface area contributed by atoms with Crippen molar-refractivity contribution >= 4 is 29.0 Å². The number of nitrogens with one attached hydrogen (secondary N) is 1. The van der Waals surface area contributed by atoms with Crippen molar-refractivity contribution in [3.05, 3.63) is 126 Å². The second-order valence-electron chi connectivity index (χ2n) is 11.7. The molecule has 0 aliphatic rings. The molecule has 0 aliphatic carbocycles. The summed E-state index contributed by atoms with van der Waals surface area (Å²) in [4.78, 5) is 40.3. The van der Waals surface area contributed by atoms with Gasteiger partial charge in [-0.1, -0.05) is 112 Å². The third-order valence-electron chi connectivity index (χ3n) is 8.11. The van der Waals surface area contributed by atoms with E-state index in [0.29, 0.717) is 48.6 Å². The van der Waals surface area contributed by atoms with E-state index in [1.807, 2.05) is 65.6 Å². The van der Waals surface area contributed by atoms with Gasteiger partial charge in [0.15, 0.2) is 5.78 Å². The van der Waals surface area contributed by atoms with Gasteiger partial charge < -0.3 is 20.1 Å². The Morgan fingerprint density at radius 2 is 1.38 bits per heavy atom. The molecule has 0 saturated heterocycles. The highest BCUT2D eigenvalue weighted by molar-refractivity contribution is 6.12. The van der Waals surface area contributed by atoms with Crippen LogP contribution in [0.3, 0.4) is 0 Å². The monoisotopic (exact) mass is 634 g/mol. The Morgan fingerprint density at radius 1 is 0.745 bits per heavy atom. The molecule has 0 spiro atoms. The van der Waals surface area contributed by atoms with Gasteiger partial charge in [-0.25, -0.2) is 4.79 Å². The number of unbranched alkanes of at least 4 members (excludes halogenated alkanes) is 5. The number of carboxylic acids is 1. The summed E-state index contributed by atoms with van der Waals surface area (Å²) in [5.74, 6) is -0.364. The highest BCUT2D eigenvalue weighted by Crippen LogP contribution is 2.22. The molecule has 1 unspecified atom stereocenters. The molecule has 47 heavy (non-hydrogen) atoms. The number of nitrogens with zero attached hydrogens (tertiary/aromatic N) is 1. The zero-order valence-electron chi connectivity index (χ0n) is 27.3. The van der Waals surface area contributed by atoms with Gasteiger partial charge >= 0.3 is 5.97 Å². The standard InChI is InChI=1S/C40H46N2O5/c1-2-3-4-5-6-13-23-38(43)42(33-19-11-8-12-20-33)28-16-29-47-34-26-24-31(25-27-34)30-37(40(45)46)41-36-22-15-14-21-35(36)39(44)32-17-9-7-10-18-32/h7-12,14-15,17-22,24-27,37,41H,2-6,13,16,23,28-30H2,1H3,(H,45,46). The van der Waals surface area contributed by atoms with Crippen LogP contribution in [0, 0.1) is 0 Å². The van der Waals surface area contributed by atoms with Crippen LogP contribution in [-0.4, -0.2) is 42.0 Å². The van der Waals surface area contributed by atoms with E-state index in [-0.39, 0.29) is 18.1 Å². The number of hydrogen-bond acceptors (Lipinski definition) is 5. The summed E-state index contributed by atoms with van der Waals surface area (Å²) >= 11 is 0. The van der Waals surface area contributed by atoms with Gasteiger partial charge in [0.1, 0.15) is 11.8 Å². The van der Waals surface area contributed by atoms with Gasteiger partial charge in [0, 0.05) is 41.9 Å². The van der Waals surface area contributed by atoms with Crippen LogP contribution >= 0.6 is 0 Å². The second-order valence-corrected chi connectivity index (χ2v) is 11.7. The third-order valence-corrected chi connectivity index (χ3v) is 8.11. The Hall–Kier alpha value is -4.91. The molecule has 4 aromatic rings. The highest BCUT2D eigenvalue weighted by atomic mass is 16.5. The molecule has 7 nitrogen and oxygen atoms in total. The maximum absolute atomic E-state index is 13.1. The molecule has 4 rings (SSSR count). The number of anilines is 2. The molecule has 0 saturated carbocycles. The van der Waals surface area contributed by atoms with Crippen LogP contribution in [0.5, 0.6) is 5.75 Å². The van der Waals surface area contributed by atoms with Crippen molar-refractivity contribution in [2.24, 2.45) is 0 Å². The lowest BCUT2D eigenvalue weighted by molar-refractivity contribution is -0.137. The van der Waals surface area contributed by atoms with Crippen LogP contribution in [0.4, 0.5) is 11.4 Å². The number of carboxylic acid groups (broad SMARTS) is 1. The molecule has 246 valence electrons. The molecular formula is C40H46N2O5. The first kappa shape index (κ1) is 35.0. The minimum absolute atomic E-state index is 0.143. The predicted octanol–water partition coefficient (Wildman–Crippen LogP) is 8.58. The molecule has 0 radical (unpaired) electrons. The molecule has 0 aromatic heterocycles. The number of para-hydroxylation sites is 2. The summed E-state index contributed by atoms with van der Waals surface area (Å²) in [5, 5.41) is 13.1. The number of ketones is 1. The van der Waals surface area contributed by atoms with E-state index < -0.39 is 12.0 Å². The minimum atomic E-state index is -1.01. The average Bonchev–Trinajstić information content (AvgIpc) is 3.10. The first-order chi connectivity index (χ1) is 23.0. The summed E-state index contributed by atoms with van der Waals surface area (Å²) in [7, 11) is 0. The van der Waals surface area contributed by atoms with Crippen LogP contribution in [0.15, 0.2) is 109 Å². The fraction of sp³-hybridized carbons (Fsp3) is 0.325. The summed E-state index contributed by atoms with van der Waals surface area (Å²) in [5.41, 5.74) is 3.16. The van der Waals surface area contributed by atoms with E-state index in [1.165, 1.54) is 25.7 Å². The van der Waals surface area contributed by atoms with Crippen molar-refractivity contribution in [3.8, 4) is 5.75 Å². The zero-order chi connectivity index (χ0) is 33.3. The summed E-state index contributed by atoms with van der Waals surface area (Å²) in [6.07, 6.45) is 8.30. The topological polar surface area (TPSA) is 95.9 Å². The van der Waals surface area contributed by atoms with E-state index in [2.05, 4.69) is 12.2 Å². The zero-order valence-corrected chi connectivity index (χ0v) is 27.3. The second kappa shape index (κ2) is 18.9. The number of aliphatic carboxylic acids is 1. The maximum atomic E-state index is 13.1. The van der Waals surface area contributed by atoms with Gasteiger partial charge in [-0.2, -0.15) is 0 Å². The normalized spacial score (nSPS) is 11.4. The molecule has 0 fully saturated rings. The smallest absolute Gasteiger partial charge is 0.326 e. The van der Waals surface area contributed by atoms with E-state index in [4.69, 9.17) is 4.74 Å². The van der Waals surface area contributed by atoms with Gasteiger partial charge in [0.2, 0.25) is 5.91 Å². The van der Waals surface area contributed by atoms with Crippen molar-refractivity contribution in [1.29, 1.82) is 0 Å². The number of benzene rings is 4. The Balaban J connectivity index is 1.29. The molecule has 0 heterocycles. The van der Waals surface area contributed by atoms with Crippen LogP contribution < -0.4 is 15.0 Å². The van der Waals surface area contributed by atoms with Crippen LogP contribution in [-0.2, 0) is 16.0 Å². The quantitative estimate of drug-likeness (QED) is 0.0747. The first-order valence-electron chi connectivity index (χ1n) is 16.7. The van der Waals surface area contributed by atoms with Gasteiger partial charge in [-0.15, -0.1) is 0 Å². The van der Waals surface area contributed by atoms with E-state index >= 15 is 0 Å². The minimum Gasteiger partial charge on any atom is -0.494 e. The van der Waals surface area contributed by atoms with Crippen molar-refractivity contribution < 1.29 is 24.2 Å². The summed E-state index contributed by atoms with van der Waals surface area (Å²) in [6, 6.07) is 32.1. The Morgan fingerprint density at radius 3 is 2.09 bits per heavy atom. The van der Waals surface area contributed by atoms with Crippen molar-refractivity contribution in [2.45, 2.75) is 70.8 Å².